The summed E-state index contributed by atoms with van der Waals surface area (Å²) in [4.78, 5) is 0. The van der Waals surface area contributed by atoms with Crippen molar-refractivity contribution >= 4 is 0 Å². The van der Waals surface area contributed by atoms with Crippen molar-refractivity contribution in [1.29, 1.82) is 0 Å². The molecule has 1 atom stereocenters. The van der Waals surface area contributed by atoms with Crippen molar-refractivity contribution in [3.8, 4) is 0 Å². The van der Waals surface area contributed by atoms with E-state index in [-0.39, 0.29) is 0 Å². The molecule has 0 aromatic rings. The fraction of sp³-hybridized carbons (Fsp3) is 0.455. The van der Waals surface area contributed by atoms with Gasteiger partial charge >= 0.3 is 0 Å². The second-order valence-corrected chi connectivity index (χ2v) is 3.15. The molecule has 0 fully saturated rings. The highest BCUT2D eigenvalue weighted by Crippen LogP contribution is 2.21. The van der Waals surface area contributed by atoms with Gasteiger partial charge in [-0.15, -0.1) is 0 Å². The summed E-state index contributed by atoms with van der Waals surface area (Å²) in [5.41, 5.74) is 2.71. The Bertz CT molecular complexity index is 233. The van der Waals surface area contributed by atoms with Gasteiger partial charge in [-0.25, -0.2) is 0 Å². The van der Waals surface area contributed by atoms with Gasteiger partial charge in [0, 0.05) is 18.2 Å². The first-order chi connectivity index (χ1) is 5.79. The number of rotatable bonds is 2. The zero-order valence-electron chi connectivity index (χ0n) is 8.09. The second-order valence-electron chi connectivity index (χ2n) is 3.15. The third-order valence-electron chi connectivity index (χ3n) is 2.12. The van der Waals surface area contributed by atoms with Crippen LogP contribution in [0.3, 0.4) is 0 Å². The number of hydrogen-bond donors (Lipinski definition) is 1. The van der Waals surface area contributed by atoms with Crippen LogP contribution in [0.1, 0.15) is 20.8 Å². The van der Waals surface area contributed by atoms with Crippen LogP contribution >= 0.6 is 0 Å². The zero-order chi connectivity index (χ0) is 8.97. The van der Waals surface area contributed by atoms with Crippen molar-refractivity contribution in [2.75, 3.05) is 6.54 Å². The Hall–Kier alpha value is -0.980. The van der Waals surface area contributed by atoms with Gasteiger partial charge in [0.2, 0.25) is 0 Å². The van der Waals surface area contributed by atoms with Crippen LogP contribution < -0.4 is 5.32 Å². The van der Waals surface area contributed by atoms with Crippen molar-refractivity contribution in [3.05, 3.63) is 35.6 Å². The fourth-order valence-corrected chi connectivity index (χ4v) is 1.50. The molecule has 0 saturated heterocycles. The normalized spacial score (nSPS) is 24.4. The van der Waals surface area contributed by atoms with E-state index >= 15 is 0 Å². The number of nitrogens with one attached hydrogen (secondary N) is 1. The van der Waals surface area contributed by atoms with Crippen molar-refractivity contribution in [1.82, 2.24) is 5.32 Å². The molecule has 1 N–H and O–H groups in total. The summed E-state index contributed by atoms with van der Waals surface area (Å²) in [6.45, 7) is 7.43. The Labute approximate surface area is 74.9 Å². The summed E-state index contributed by atoms with van der Waals surface area (Å²) in [5, 5.41) is 3.38. The van der Waals surface area contributed by atoms with Gasteiger partial charge in [-0.05, 0) is 25.5 Å². The summed E-state index contributed by atoms with van der Waals surface area (Å²) in [6.07, 6.45) is 8.50. The molecule has 1 aliphatic rings. The summed E-state index contributed by atoms with van der Waals surface area (Å²) in [7, 11) is 0. The van der Waals surface area contributed by atoms with E-state index in [4.69, 9.17) is 0 Å². The molecule has 0 aliphatic carbocycles. The van der Waals surface area contributed by atoms with E-state index in [1.807, 2.05) is 6.92 Å². The maximum absolute atomic E-state index is 3.38. The molecule has 0 aromatic heterocycles. The average molecular weight is 163 g/mol. The standard InChI is InChI=1S/C11H17N/c1-4-6-10-9(3)8-12-11(10)7-5-2/h4-7,9,12H,8H2,1-3H3/b6-4-,7-5-. The molecule has 1 aliphatic heterocycles. The minimum Gasteiger partial charge on any atom is -0.384 e. The highest BCUT2D eigenvalue weighted by Gasteiger charge is 2.16. The lowest BCUT2D eigenvalue weighted by Crippen LogP contribution is -2.08. The summed E-state index contributed by atoms with van der Waals surface area (Å²) < 4.78 is 0. The quantitative estimate of drug-likeness (QED) is 0.660. The van der Waals surface area contributed by atoms with E-state index < -0.39 is 0 Å². The maximum atomic E-state index is 3.38. The Morgan fingerprint density at radius 1 is 1.25 bits per heavy atom. The maximum Gasteiger partial charge on any atom is 0.0372 e. The zero-order valence-corrected chi connectivity index (χ0v) is 8.09. The van der Waals surface area contributed by atoms with Crippen LogP contribution in [0.15, 0.2) is 35.6 Å². The van der Waals surface area contributed by atoms with Crippen molar-refractivity contribution in [2.45, 2.75) is 20.8 Å². The summed E-state index contributed by atoms with van der Waals surface area (Å²) in [6, 6.07) is 0. The molecule has 1 unspecified atom stereocenters. The molecular formula is C11H17N. The first-order valence-corrected chi connectivity index (χ1v) is 4.53. The van der Waals surface area contributed by atoms with E-state index in [0.717, 1.165) is 6.54 Å². The van der Waals surface area contributed by atoms with Gasteiger partial charge in [0.05, 0.1) is 0 Å². The van der Waals surface area contributed by atoms with Crippen LogP contribution in [0, 0.1) is 5.92 Å². The Kier molecular flexibility index (Phi) is 3.15. The molecule has 66 valence electrons. The second kappa shape index (κ2) is 4.15. The van der Waals surface area contributed by atoms with Crippen LogP contribution in [-0.2, 0) is 0 Å². The van der Waals surface area contributed by atoms with E-state index in [9.17, 15) is 0 Å². The van der Waals surface area contributed by atoms with Gasteiger partial charge in [-0.2, -0.15) is 0 Å². The predicted octanol–water partition coefficient (Wildman–Crippen LogP) is 2.63. The van der Waals surface area contributed by atoms with Gasteiger partial charge in [-0.3, -0.25) is 0 Å². The minimum absolute atomic E-state index is 0.646. The van der Waals surface area contributed by atoms with E-state index in [2.05, 4.69) is 43.5 Å². The molecule has 0 spiro atoms. The summed E-state index contributed by atoms with van der Waals surface area (Å²) >= 11 is 0. The highest BCUT2D eigenvalue weighted by atomic mass is 14.9. The summed E-state index contributed by atoms with van der Waals surface area (Å²) in [5.74, 6) is 0.646. The lowest BCUT2D eigenvalue weighted by molar-refractivity contribution is 0.703. The van der Waals surface area contributed by atoms with Crippen molar-refractivity contribution in [3.63, 3.8) is 0 Å². The first kappa shape index (κ1) is 9.11. The first-order valence-electron chi connectivity index (χ1n) is 4.53. The SMILES string of the molecule is C/C=C\C1=C(/C=C\C)C(C)CN1. The van der Waals surface area contributed by atoms with Crippen LogP contribution in [0.4, 0.5) is 0 Å². The topological polar surface area (TPSA) is 12.0 Å². The Morgan fingerprint density at radius 3 is 2.50 bits per heavy atom. The van der Waals surface area contributed by atoms with Gasteiger partial charge in [0.25, 0.3) is 0 Å². The number of allylic oxidation sites excluding steroid dienone is 4. The molecule has 0 amide bonds. The minimum atomic E-state index is 0.646. The van der Waals surface area contributed by atoms with Gasteiger partial charge in [0.1, 0.15) is 0 Å². The lowest BCUT2D eigenvalue weighted by Gasteiger charge is -2.00. The number of hydrogen-bond acceptors (Lipinski definition) is 1. The fourth-order valence-electron chi connectivity index (χ4n) is 1.50. The molecule has 1 heterocycles. The smallest absolute Gasteiger partial charge is 0.0372 e. The van der Waals surface area contributed by atoms with Crippen LogP contribution in [-0.4, -0.2) is 6.54 Å². The monoisotopic (exact) mass is 163 g/mol. The lowest BCUT2D eigenvalue weighted by atomic mass is 10.0. The van der Waals surface area contributed by atoms with E-state index in [1.54, 1.807) is 0 Å². The third-order valence-corrected chi connectivity index (χ3v) is 2.12. The molecule has 0 saturated carbocycles. The Balaban J connectivity index is 2.89. The Morgan fingerprint density at radius 2 is 1.92 bits per heavy atom. The van der Waals surface area contributed by atoms with Crippen molar-refractivity contribution < 1.29 is 0 Å². The molecular weight excluding hydrogens is 146 g/mol. The third kappa shape index (κ3) is 1.79. The predicted molar refractivity (Wildman–Crippen MR) is 53.8 cm³/mol. The average Bonchev–Trinajstić information content (AvgIpc) is 2.37. The molecule has 12 heavy (non-hydrogen) atoms. The molecule has 0 bridgehead atoms. The van der Waals surface area contributed by atoms with Gasteiger partial charge < -0.3 is 5.32 Å². The highest BCUT2D eigenvalue weighted by molar-refractivity contribution is 5.37. The van der Waals surface area contributed by atoms with Crippen LogP contribution in [0.2, 0.25) is 0 Å². The molecule has 1 rings (SSSR count). The van der Waals surface area contributed by atoms with Gasteiger partial charge in [0.15, 0.2) is 0 Å². The molecule has 1 nitrogen and oxygen atoms in total. The van der Waals surface area contributed by atoms with Gasteiger partial charge in [-0.1, -0.05) is 25.2 Å². The van der Waals surface area contributed by atoms with E-state index in [1.165, 1.54) is 11.3 Å². The van der Waals surface area contributed by atoms with Crippen molar-refractivity contribution in [2.24, 2.45) is 5.92 Å². The molecule has 0 aromatic carbocycles. The van der Waals surface area contributed by atoms with Crippen LogP contribution in [0.5, 0.6) is 0 Å². The molecule has 1 heteroatoms. The molecule has 0 radical (unpaired) electrons. The largest absolute Gasteiger partial charge is 0.384 e. The van der Waals surface area contributed by atoms with Crippen LogP contribution in [0.25, 0.3) is 0 Å². The van der Waals surface area contributed by atoms with E-state index in [0.29, 0.717) is 5.92 Å².